The molecule has 0 spiro atoms. The third kappa shape index (κ3) is 4.03. The lowest BCUT2D eigenvalue weighted by Crippen LogP contribution is -2.55. The number of amides is 1. The lowest BCUT2D eigenvalue weighted by atomic mass is 9.95. The molecule has 1 amide bonds. The number of nitrogens with one attached hydrogen (secondary N) is 2. The van der Waals surface area contributed by atoms with E-state index in [0.717, 1.165) is 18.4 Å². The van der Waals surface area contributed by atoms with Crippen molar-refractivity contribution in [1.29, 1.82) is 0 Å². The monoisotopic (exact) mass is 264 g/mol. The van der Waals surface area contributed by atoms with Gasteiger partial charge in [0.2, 0.25) is 5.91 Å². The Morgan fingerprint density at radius 2 is 2.00 bits per heavy atom. The minimum Gasteiger partial charge on any atom is -0.352 e. The molecule has 1 aromatic rings. The Balaban J connectivity index is 1.85. The van der Waals surface area contributed by atoms with Gasteiger partial charge in [0.25, 0.3) is 0 Å². The Morgan fingerprint density at radius 3 is 2.63 bits per heavy atom. The Morgan fingerprint density at radius 1 is 1.32 bits per heavy atom. The highest BCUT2D eigenvalue weighted by Gasteiger charge is 2.25. The van der Waals surface area contributed by atoms with Crippen molar-refractivity contribution in [2.24, 2.45) is 0 Å². The zero-order valence-corrected chi connectivity index (χ0v) is 11.4. The van der Waals surface area contributed by atoms with E-state index in [1.54, 1.807) is 12.1 Å². The lowest BCUT2D eigenvalue weighted by Gasteiger charge is -2.34. The van der Waals surface area contributed by atoms with E-state index in [2.05, 4.69) is 24.5 Å². The summed E-state index contributed by atoms with van der Waals surface area (Å²) in [5.74, 6) is -0.275. The zero-order valence-electron chi connectivity index (χ0n) is 11.4. The van der Waals surface area contributed by atoms with Gasteiger partial charge in [-0.2, -0.15) is 0 Å². The second-order valence-corrected chi connectivity index (χ2v) is 5.41. The first kappa shape index (κ1) is 14.0. The van der Waals surface area contributed by atoms with Crippen molar-refractivity contribution in [3.63, 3.8) is 0 Å². The predicted octanol–water partition coefficient (Wildman–Crippen LogP) is 2.01. The van der Waals surface area contributed by atoms with Crippen molar-refractivity contribution in [3.8, 4) is 0 Å². The summed E-state index contributed by atoms with van der Waals surface area (Å²) in [6.45, 7) is 4.26. The topological polar surface area (TPSA) is 41.1 Å². The number of carbonyl (C=O) groups is 1. The van der Waals surface area contributed by atoms with Gasteiger partial charge in [-0.15, -0.1) is 0 Å². The van der Waals surface area contributed by atoms with Crippen LogP contribution in [0, 0.1) is 5.82 Å². The molecule has 2 N–H and O–H groups in total. The molecule has 0 saturated carbocycles. The summed E-state index contributed by atoms with van der Waals surface area (Å²) in [5.41, 5.74) is 0.837. The van der Waals surface area contributed by atoms with Crippen LogP contribution in [0.15, 0.2) is 24.3 Å². The molecule has 19 heavy (non-hydrogen) atoms. The van der Waals surface area contributed by atoms with Crippen molar-refractivity contribution in [2.75, 3.05) is 0 Å². The van der Waals surface area contributed by atoms with Gasteiger partial charge in [0.15, 0.2) is 0 Å². The summed E-state index contributed by atoms with van der Waals surface area (Å²) in [5, 5.41) is 6.50. The van der Waals surface area contributed by atoms with E-state index in [4.69, 9.17) is 0 Å². The maximum absolute atomic E-state index is 12.8. The zero-order chi connectivity index (χ0) is 13.8. The van der Waals surface area contributed by atoms with E-state index < -0.39 is 0 Å². The Bertz CT molecular complexity index is 432. The van der Waals surface area contributed by atoms with Crippen molar-refractivity contribution in [3.05, 3.63) is 35.6 Å². The largest absolute Gasteiger partial charge is 0.352 e. The van der Waals surface area contributed by atoms with Crippen LogP contribution in [0.1, 0.15) is 32.3 Å². The minimum atomic E-state index is -0.275. The molecular weight excluding hydrogens is 243 g/mol. The molecular formula is C15H21FN2O. The van der Waals surface area contributed by atoms with Crippen molar-refractivity contribution in [1.82, 2.24) is 10.6 Å². The molecule has 0 aromatic heterocycles. The van der Waals surface area contributed by atoms with Crippen LogP contribution in [0.25, 0.3) is 0 Å². The first-order valence-corrected chi connectivity index (χ1v) is 6.84. The first-order chi connectivity index (χ1) is 9.04. The van der Waals surface area contributed by atoms with Crippen LogP contribution in [0.5, 0.6) is 0 Å². The van der Waals surface area contributed by atoms with Crippen LogP contribution < -0.4 is 10.6 Å². The SMILES string of the molecule is CC1CCC(NC(=O)Cc2ccc(F)cc2)C(C)N1. The fraction of sp³-hybridized carbons (Fsp3) is 0.533. The number of benzene rings is 1. The fourth-order valence-corrected chi connectivity index (χ4v) is 2.57. The first-order valence-electron chi connectivity index (χ1n) is 6.84. The second-order valence-electron chi connectivity index (χ2n) is 5.41. The van der Waals surface area contributed by atoms with Gasteiger partial charge >= 0.3 is 0 Å². The van der Waals surface area contributed by atoms with Gasteiger partial charge in [-0.25, -0.2) is 4.39 Å². The smallest absolute Gasteiger partial charge is 0.224 e. The summed E-state index contributed by atoms with van der Waals surface area (Å²) in [6, 6.07) is 7.06. The quantitative estimate of drug-likeness (QED) is 0.877. The molecule has 4 heteroatoms. The molecule has 1 fully saturated rings. The molecule has 0 aliphatic carbocycles. The molecule has 1 aromatic carbocycles. The molecule has 0 radical (unpaired) electrons. The highest BCUT2D eigenvalue weighted by molar-refractivity contribution is 5.78. The number of hydrogen-bond donors (Lipinski definition) is 2. The van der Waals surface area contributed by atoms with Gasteiger partial charge in [0.1, 0.15) is 5.82 Å². The van der Waals surface area contributed by atoms with E-state index >= 15 is 0 Å². The molecule has 1 heterocycles. The standard InChI is InChI=1S/C15H21FN2O/c1-10-3-8-14(11(2)17-10)18-15(19)9-12-4-6-13(16)7-5-12/h4-7,10-11,14,17H,3,8-9H2,1-2H3,(H,18,19). The fourth-order valence-electron chi connectivity index (χ4n) is 2.57. The minimum absolute atomic E-state index is 0.000175. The van der Waals surface area contributed by atoms with Crippen LogP contribution in [-0.2, 0) is 11.2 Å². The maximum Gasteiger partial charge on any atom is 0.224 e. The Kier molecular flexibility index (Phi) is 4.53. The van der Waals surface area contributed by atoms with Crippen molar-refractivity contribution in [2.45, 2.75) is 51.2 Å². The third-order valence-corrected chi connectivity index (χ3v) is 3.69. The van der Waals surface area contributed by atoms with Crippen LogP contribution >= 0.6 is 0 Å². The van der Waals surface area contributed by atoms with Gasteiger partial charge in [-0.3, -0.25) is 4.79 Å². The summed E-state index contributed by atoms with van der Waals surface area (Å²) >= 11 is 0. The van der Waals surface area contributed by atoms with Crippen LogP contribution in [-0.4, -0.2) is 24.0 Å². The van der Waals surface area contributed by atoms with E-state index in [1.807, 2.05) is 0 Å². The van der Waals surface area contributed by atoms with Crippen molar-refractivity contribution >= 4 is 5.91 Å². The molecule has 104 valence electrons. The number of piperidine rings is 1. The predicted molar refractivity (Wildman–Crippen MR) is 73.3 cm³/mol. The second kappa shape index (κ2) is 6.15. The lowest BCUT2D eigenvalue weighted by molar-refractivity contribution is -0.121. The highest BCUT2D eigenvalue weighted by atomic mass is 19.1. The normalized spacial score (nSPS) is 27.0. The van der Waals surface area contributed by atoms with Gasteiger partial charge < -0.3 is 10.6 Å². The number of hydrogen-bond acceptors (Lipinski definition) is 2. The summed E-state index contributed by atoms with van der Waals surface area (Å²) in [6.07, 6.45) is 2.38. The molecule has 2 rings (SSSR count). The summed E-state index contributed by atoms with van der Waals surface area (Å²) in [7, 11) is 0. The molecule has 3 atom stereocenters. The number of carbonyl (C=O) groups excluding carboxylic acids is 1. The third-order valence-electron chi connectivity index (χ3n) is 3.69. The van der Waals surface area contributed by atoms with Crippen LogP contribution in [0.2, 0.25) is 0 Å². The molecule has 1 aliphatic rings. The van der Waals surface area contributed by atoms with Gasteiger partial charge in [0, 0.05) is 18.1 Å². The van der Waals surface area contributed by atoms with Gasteiger partial charge in [-0.1, -0.05) is 12.1 Å². The Labute approximate surface area is 113 Å². The molecule has 1 saturated heterocycles. The van der Waals surface area contributed by atoms with Crippen molar-refractivity contribution < 1.29 is 9.18 Å². The molecule has 1 aliphatic heterocycles. The molecule has 0 bridgehead atoms. The average molecular weight is 264 g/mol. The molecule has 3 unspecified atom stereocenters. The van der Waals surface area contributed by atoms with Crippen LogP contribution in [0.4, 0.5) is 4.39 Å². The Hall–Kier alpha value is -1.42. The van der Waals surface area contributed by atoms with E-state index in [-0.39, 0.29) is 17.8 Å². The summed E-state index contributed by atoms with van der Waals surface area (Å²) in [4.78, 5) is 12.0. The average Bonchev–Trinajstić information content (AvgIpc) is 2.36. The van der Waals surface area contributed by atoms with E-state index in [0.29, 0.717) is 18.5 Å². The van der Waals surface area contributed by atoms with Gasteiger partial charge in [0.05, 0.1) is 6.42 Å². The highest BCUT2D eigenvalue weighted by Crippen LogP contribution is 2.13. The maximum atomic E-state index is 12.8. The van der Waals surface area contributed by atoms with Crippen LogP contribution in [0.3, 0.4) is 0 Å². The number of halogens is 1. The summed E-state index contributed by atoms with van der Waals surface area (Å²) < 4.78 is 12.8. The molecule has 3 nitrogen and oxygen atoms in total. The van der Waals surface area contributed by atoms with E-state index in [1.165, 1.54) is 12.1 Å². The number of rotatable bonds is 3. The van der Waals surface area contributed by atoms with E-state index in [9.17, 15) is 9.18 Å². The van der Waals surface area contributed by atoms with Gasteiger partial charge in [-0.05, 0) is 44.4 Å².